The van der Waals surface area contributed by atoms with E-state index in [0.717, 1.165) is 19.3 Å². The molecule has 0 radical (unpaired) electrons. The van der Waals surface area contributed by atoms with E-state index in [4.69, 9.17) is 0 Å². The summed E-state index contributed by atoms with van der Waals surface area (Å²) in [6, 6.07) is 5.12. The van der Waals surface area contributed by atoms with Gasteiger partial charge in [0.15, 0.2) is 0 Å². The Kier molecular flexibility index (Phi) is 11.2. The molecule has 0 aliphatic carbocycles. The highest BCUT2D eigenvalue weighted by atomic mass is 14.5. The summed E-state index contributed by atoms with van der Waals surface area (Å²) in [5.41, 5.74) is 16.2. The molecule has 0 saturated heterocycles. The number of hydrogen-bond donors (Lipinski definition) is 0. The highest BCUT2D eigenvalue weighted by Crippen LogP contribution is 2.52. The Morgan fingerprint density at radius 2 is 0.638 bits per heavy atom. The topological polar surface area (TPSA) is 0 Å². The maximum absolute atomic E-state index is 2.58. The molecule has 47 heavy (non-hydrogen) atoms. The molecular weight excluding hydrogens is 565 g/mol. The Balaban J connectivity index is 3.13. The molecule has 0 N–H and O–H groups in total. The first-order valence-corrected chi connectivity index (χ1v) is 18.9. The third-order valence-corrected chi connectivity index (χ3v) is 9.87. The molecule has 0 aromatic heterocycles. The second kappa shape index (κ2) is 12.6. The van der Waals surface area contributed by atoms with Crippen molar-refractivity contribution >= 4 is 0 Å². The third-order valence-electron chi connectivity index (χ3n) is 9.87. The van der Waals surface area contributed by atoms with E-state index >= 15 is 0 Å². The standard InChI is InChI=1S/C47H80/c1-40(2,3)31-28-30(34(42(7,8)9)33(29-31)41(4,5)6)26-25-27-32-35(43(10,11)12)37(45(16,17)18)39(47(22,23)24)38(46(19,20)21)36(32)44(13,14)15/h28-29H,25-27H2,1-24H3. The molecule has 0 aliphatic heterocycles. The normalized spacial score (nSPS) is 14.6. The van der Waals surface area contributed by atoms with Gasteiger partial charge in [0, 0.05) is 0 Å². The fourth-order valence-corrected chi connectivity index (χ4v) is 8.22. The fourth-order valence-electron chi connectivity index (χ4n) is 8.22. The average Bonchev–Trinajstić information content (AvgIpc) is 2.77. The third kappa shape index (κ3) is 9.37. The molecule has 2 aromatic carbocycles. The summed E-state index contributed by atoms with van der Waals surface area (Å²) < 4.78 is 0. The minimum atomic E-state index is 0.0243. The van der Waals surface area contributed by atoms with E-state index in [0.29, 0.717) is 0 Å². The number of aryl methyl sites for hydroxylation is 1. The van der Waals surface area contributed by atoms with Crippen molar-refractivity contribution in [3.8, 4) is 0 Å². The highest BCUT2D eigenvalue weighted by molar-refractivity contribution is 5.62. The van der Waals surface area contributed by atoms with Crippen molar-refractivity contribution in [3.05, 3.63) is 67.8 Å². The zero-order valence-electron chi connectivity index (χ0n) is 36.3. The Morgan fingerprint density at radius 3 is 0.915 bits per heavy atom. The maximum Gasteiger partial charge on any atom is -0.0126 e. The SMILES string of the molecule is CC(C)(C)c1cc(CCCc2c(C(C)(C)C)c(C(C)(C)C)c(C(C)(C)C)c(C(C)(C)C)c2C(C)(C)C)c(C(C)(C)C)c(C(C)(C)C)c1. The van der Waals surface area contributed by atoms with E-state index in [1.807, 2.05) is 0 Å². The minimum Gasteiger partial charge on any atom is -0.0561 e. The van der Waals surface area contributed by atoms with Gasteiger partial charge in [0.25, 0.3) is 0 Å². The molecule has 0 nitrogen and oxygen atoms in total. The summed E-state index contributed by atoms with van der Waals surface area (Å²) in [7, 11) is 0. The van der Waals surface area contributed by atoms with Gasteiger partial charge in [-0.25, -0.2) is 0 Å². The molecule has 2 rings (SSSR count). The van der Waals surface area contributed by atoms with E-state index in [1.165, 1.54) is 11.1 Å². The van der Waals surface area contributed by atoms with Crippen LogP contribution in [-0.4, -0.2) is 0 Å². The highest BCUT2D eigenvalue weighted by Gasteiger charge is 2.42. The second-order valence-corrected chi connectivity index (χ2v) is 23.3. The molecule has 0 heterocycles. The fraction of sp³-hybridized carbons (Fsp3) is 0.745. The Morgan fingerprint density at radius 1 is 0.319 bits per heavy atom. The molecule has 0 aliphatic rings. The lowest BCUT2D eigenvalue weighted by atomic mass is 9.58. The largest absolute Gasteiger partial charge is 0.0561 e. The van der Waals surface area contributed by atoms with E-state index in [1.54, 1.807) is 44.5 Å². The van der Waals surface area contributed by atoms with Gasteiger partial charge in [0.2, 0.25) is 0 Å². The molecular formula is C47H80. The Hall–Kier alpha value is -1.56. The van der Waals surface area contributed by atoms with Crippen LogP contribution in [0.2, 0.25) is 0 Å². The molecule has 0 unspecified atom stereocenters. The summed E-state index contributed by atoms with van der Waals surface area (Å²) in [5.74, 6) is 0. The van der Waals surface area contributed by atoms with Gasteiger partial charge in [0.1, 0.15) is 0 Å². The quantitative estimate of drug-likeness (QED) is 0.311. The first-order valence-electron chi connectivity index (χ1n) is 18.9. The van der Waals surface area contributed by atoms with Crippen molar-refractivity contribution in [3.63, 3.8) is 0 Å². The zero-order valence-corrected chi connectivity index (χ0v) is 36.3. The van der Waals surface area contributed by atoms with E-state index in [-0.39, 0.29) is 43.3 Å². The molecule has 0 spiro atoms. The van der Waals surface area contributed by atoms with Crippen molar-refractivity contribution in [2.45, 2.75) is 229 Å². The van der Waals surface area contributed by atoms with Gasteiger partial charge in [0.05, 0.1) is 0 Å². The van der Waals surface area contributed by atoms with E-state index in [2.05, 4.69) is 178 Å². The average molecular weight is 645 g/mol. The molecule has 268 valence electrons. The van der Waals surface area contributed by atoms with Gasteiger partial charge in [-0.05, 0) is 118 Å². The zero-order chi connectivity index (χ0) is 37.3. The molecule has 0 amide bonds. The van der Waals surface area contributed by atoms with Gasteiger partial charge < -0.3 is 0 Å². The van der Waals surface area contributed by atoms with Crippen molar-refractivity contribution in [1.29, 1.82) is 0 Å². The summed E-state index contributed by atoms with van der Waals surface area (Å²) in [5, 5.41) is 0. The van der Waals surface area contributed by atoms with Crippen molar-refractivity contribution < 1.29 is 0 Å². The van der Waals surface area contributed by atoms with Crippen LogP contribution in [0.3, 0.4) is 0 Å². The summed E-state index contributed by atoms with van der Waals surface area (Å²) in [6.07, 6.45) is 3.35. The smallest absolute Gasteiger partial charge is 0.0126 e. The first kappa shape index (κ1) is 41.6. The van der Waals surface area contributed by atoms with Crippen LogP contribution in [0.15, 0.2) is 12.1 Å². The summed E-state index contributed by atoms with van der Waals surface area (Å²) in [4.78, 5) is 0. The van der Waals surface area contributed by atoms with Crippen molar-refractivity contribution in [2.24, 2.45) is 0 Å². The second-order valence-electron chi connectivity index (χ2n) is 23.3. The van der Waals surface area contributed by atoms with Crippen LogP contribution in [0.25, 0.3) is 0 Å². The number of benzene rings is 2. The Labute approximate surface area is 295 Å². The van der Waals surface area contributed by atoms with Crippen LogP contribution in [0, 0.1) is 0 Å². The molecule has 0 fully saturated rings. The lowest BCUT2D eigenvalue weighted by molar-refractivity contribution is 0.453. The van der Waals surface area contributed by atoms with Gasteiger partial charge in [-0.15, -0.1) is 0 Å². The molecule has 0 atom stereocenters. The van der Waals surface area contributed by atoms with Crippen LogP contribution in [0.4, 0.5) is 0 Å². The first-order chi connectivity index (χ1) is 20.4. The van der Waals surface area contributed by atoms with Crippen LogP contribution in [0.5, 0.6) is 0 Å². The van der Waals surface area contributed by atoms with E-state index < -0.39 is 0 Å². The molecule has 0 saturated carbocycles. The molecule has 0 bridgehead atoms. The lowest BCUT2D eigenvalue weighted by Crippen LogP contribution is -2.37. The predicted octanol–water partition coefficient (Wildman–Crippen LogP) is 14.2. The van der Waals surface area contributed by atoms with Gasteiger partial charge in [-0.1, -0.05) is 178 Å². The maximum atomic E-state index is 2.58. The minimum absolute atomic E-state index is 0.0243. The van der Waals surface area contributed by atoms with Gasteiger partial charge in [-0.2, -0.15) is 0 Å². The van der Waals surface area contributed by atoms with Crippen LogP contribution < -0.4 is 0 Å². The lowest BCUT2D eigenvalue weighted by Gasteiger charge is -2.46. The van der Waals surface area contributed by atoms with Crippen LogP contribution >= 0.6 is 0 Å². The van der Waals surface area contributed by atoms with Gasteiger partial charge in [-0.3, -0.25) is 0 Å². The van der Waals surface area contributed by atoms with Crippen molar-refractivity contribution in [2.75, 3.05) is 0 Å². The van der Waals surface area contributed by atoms with Gasteiger partial charge >= 0.3 is 0 Å². The van der Waals surface area contributed by atoms with Crippen molar-refractivity contribution in [1.82, 2.24) is 0 Å². The monoisotopic (exact) mass is 645 g/mol. The summed E-state index contributed by atoms with van der Waals surface area (Å²) in [6.45, 7) is 58.5. The number of rotatable bonds is 4. The predicted molar refractivity (Wildman–Crippen MR) is 215 cm³/mol. The van der Waals surface area contributed by atoms with Crippen LogP contribution in [0.1, 0.15) is 228 Å². The molecule has 2 aromatic rings. The summed E-state index contributed by atoms with van der Waals surface area (Å²) >= 11 is 0. The van der Waals surface area contributed by atoms with E-state index in [9.17, 15) is 0 Å². The number of hydrogen-bond acceptors (Lipinski definition) is 0. The Bertz CT molecular complexity index is 1360. The van der Waals surface area contributed by atoms with Crippen LogP contribution in [-0.2, 0) is 56.2 Å². The molecule has 0 heteroatoms.